The third-order valence-electron chi connectivity index (χ3n) is 3.67. The number of halogens is 1. The van der Waals surface area contributed by atoms with E-state index in [1.54, 1.807) is 12.1 Å². The van der Waals surface area contributed by atoms with Gasteiger partial charge in [-0.25, -0.2) is 0 Å². The Kier molecular flexibility index (Phi) is 5.40. The van der Waals surface area contributed by atoms with Gasteiger partial charge in [0.15, 0.2) is 0 Å². The molecule has 0 saturated heterocycles. The first-order valence-electron chi connectivity index (χ1n) is 7.29. The van der Waals surface area contributed by atoms with Crippen molar-refractivity contribution >= 4 is 34.8 Å². The molecular formula is C18H19ClN2O2. The van der Waals surface area contributed by atoms with Gasteiger partial charge in [-0.15, -0.1) is 0 Å². The van der Waals surface area contributed by atoms with Crippen molar-refractivity contribution in [1.82, 2.24) is 0 Å². The summed E-state index contributed by atoms with van der Waals surface area (Å²) in [5.41, 5.74) is 4.30. The molecule has 4 nitrogen and oxygen atoms in total. The van der Waals surface area contributed by atoms with E-state index in [0.717, 1.165) is 22.4 Å². The lowest BCUT2D eigenvalue weighted by molar-refractivity contribution is -0.123. The summed E-state index contributed by atoms with van der Waals surface area (Å²) in [4.78, 5) is 24.0. The van der Waals surface area contributed by atoms with E-state index in [4.69, 9.17) is 11.6 Å². The predicted molar refractivity (Wildman–Crippen MR) is 94.0 cm³/mol. The topological polar surface area (TPSA) is 58.2 Å². The largest absolute Gasteiger partial charge is 0.325 e. The number of anilines is 2. The molecule has 0 aliphatic rings. The molecule has 23 heavy (non-hydrogen) atoms. The van der Waals surface area contributed by atoms with Gasteiger partial charge in [0.05, 0.1) is 0 Å². The Balaban J connectivity index is 1.98. The lowest BCUT2D eigenvalue weighted by Gasteiger charge is -2.11. The normalized spacial score (nSPS) is 10.3. The quantitative estimate of drug-likeness (QED) is 0.824. The van der Waals surface area contributed by atoms with Crippen LogP contribution < -0.4 is 10.6 Å². The van der Waals surface area contributed by atoms with E-state index in [1.807, 2.05) is 45.0 Å². The maximum Gasteiger partial charge on any atom is 0.233 e. The number of nitrogens with one attached hydrogen (secondary N) is 2. The van der Waals surface area contributed by atoms with Gasteiger partial charge in [0.2, 0.25) is 11.8 Å². The molecule has 2 aromatic carbocycles. The molecule has 2 N–H and O–H groups in total. The summed E-state index contributed by atoms with van der Waals surface area (Å²) < 4.78 is 0. The van der Waals surface area contributed by atoms with Gasteiger partial charge in [0, 0.05) is 16.4 Å². The van der Waals surface area contributed by atoms with Gasteiger partial charge in [0.25, 0.3) is 0 Å². The first-order valence-corrected chi connectivity index (χ1v) is 7.66. The van der Waals surface area contributed by atoms with Crippen LogP contribution in [-0.2, 0) is 9.59 Å². The lowest BCUT2D eigenvalue weighted by atomic mass is 10.1. The number of benzene rings is 2. The van der Waals surface area contributed by atoms with Crippen molar-refractivity contribution in [3.05, 3.63) is 58.1 Å². The fourth-order valence-corrected chi connectivity index (χ4v) is 2.32. The van der Waals surface area contributed by atoms with Gasteiger partial charge in [0.1, 0.15) is 6.42 Å². The first-order chi connectivity index (χ1) is 10.9. The van der Waals surface area contributed by atoms with Gasteiger partial charge in [-0.2, -0.15) is 0 Å². The van der Waals surface area contributed by atoms with Gasteiger partial charge < -0.3 is 10.6 Å². The minimum atomic E-state index is -0.377. The third-order valence-corrected chi connectivity index (χ3v) is 3.91. The van der Waals surface area contributed by atoms with Crippen molar-refractivity contribution in [3.63, 3.8) is 0 Å². The Labute approximate surface area is 140 Å². The van der Waals surface area contributed by atoms with Crippen LogP contribution in [-0.4, -0.2) is 11.8 Å². The summed E-state index contributed by atoms with van der Waals surface area (Å²) in [7, 11) is 0. The highest BCUT2D eigenvalue weighted by molar-refractivity contribution is 6.31. The van der Waals surface area contributed by atoms with Crippen molar-refractivity contribution in [3.8, 4) is 0 Å². The molecule has 0 spiro atoms. The smallest absolute Gasteiger partial charge is 0.233 e. The van der Waals surface area contributed by atoms with E-state index >= 15 is 0 Å². The Morgan fingerprint density at radius 3 is 2.26 bits per heavy atom. The van der Waals surface area contributed by atoms with E-state index in [2.05, 4.69) is 10.6 Å². The summed E-state index contributed by atoms with van der Waals surface area (Å²) in [5.74, 6) is -0.728. The molecule has 0 radical (unpaired) electrons. The SMILES string of the molecule is Cc1ccc(Cl)cc1NC(=O)CC(=O)Nc1cccc(C)c1C. The molecule has 2 amide bonds. The van der Waals surface area contributed by atoms with Crippen LogP contribution in [0.5, 0.6) is 0 Å². The first kappa shape index (κ1) is 17.0. The number of hydrogen-bond acceptors (Lipinski definition) is 2. The molecular weight excluding hydrogens is 312 g/mol. The molecule has 0 bridgehead atoms. The molecule has 0 atom stereocenters. The fourth-order valence-electron chi connectivity index (χ4n) is 2.15. The van der Waals surface area contributed by atoms with Gasteiger partial charge in [-0.05, 0) is 55.7 Å². The maximum absolute atomic E-state index is 12.0. The zero-order valence-corrected chi connectivity index (χ0v) is 14.1. The number of rotatable bonds is 4. The predicted octanol–water partition coefficient (Wildman–Crippen LogP) is 4.23. The number of amides is 2. The summed E-state index contributed by atoms with van der Waals surface area (Å²) >= 11 is 5.91. The van der Waals surface area contributed by atoms with Crippen molar-refractivity contribution in [2.24, 2.45) is 0 Å². The van der Waals surface area contributed by atoms with Crippen LogP contribution in [0.2, 0.25) is 5.02 Å². The Bertz CT molecular complexity index is 743. The van der Waals surface area contributed by atoms with Crippen molar-refractivity contribution in [2.45, 2.75) is 27.2 Å². The van der Waals surface area contributed by atoms with E-state index < -0.39 is 0 Å². The van der Waals surface area contributed by atoms with Gasteiger partial charge in [-0.3, -0.25) is 9.59 Å². The number of carbonyl (C=O) groups excluding carboxylic acids is 2. The highest BCUT2D eigenvalue weighted by Gasteiger charge is 2.12. The number of aryl methyl sites for hydroxylation is 2. The van der Waals surface area contributed by atoms with Crippen molar-refractivity contribution < 1.29 is 9.59 Å². The van der Waals surface area contributed by atoms with Gasteiger partial charge in [-0.1, -0.05) is 29.8 Å². The Morgan fingerprint density at radius 1 is 0.913 bits per heavy atom. The Hall–Kier alpha value is -2.33. The van der Waals surface area contributed by atoms with E-state index in [9.17, 15) is 9.59 Å². The highest BCUT2D eigenvalue weighted by atomic mass is 35.5. The summed E-state index contributed by atoms with van der Waals surface area (Å²) in [6.07, 6.45) is -0.251. The molecule has 0 aliphatic carbocycles. The molecule has 0 aliphatic heterocycles. The minimum Gasteiger partial charge on any atom is -0.325 e. The molecule has 5 heteroatoms. The average Bonchev–Trinajstić information content (AvgIpc) is 2.47. The monoisotopic (exact) mass is 330 g/mol. The van der Waals surface area contributed by atoms with Crippen LogP contribution in [0.1, 0.15) is 23.1 Å². The molecule has 0 heterocycles. The fraction of sp³-hybridized carbons (Fsp3) is 0.222. The molecule has 0 fully saturated rings. The summed E-state index contributed by atoms with van der Waals surface area (Å²) in [5, 5.41) is 6.01. The molecule has 120 valence electrons. The Morgan fingerprint density at radius 2 is 1.57 bits per heavy atom. The zero-order valence-electron chi connectivity index (χ0n) is 13.4. The van der Waals surface area contributed by atoms with Gasteiger partial charge >= 0.3 is 0 Å². The third kappa shape index (κ3) is 4.57. The second kappa shape index (κ2) is 7.29. The van der Waals surface area contributed by atoms with Crippen LogP contribution >= 0.6 is 11.6 Å². The zero-order chi connectivity index (χ0) is 17.0. The molecule has 2 rings (SSSR count). The second-order valence-electron chi connectivity index (χ2n) is 5.48. The maximum atomic E-state index is 12.0. The minimum absolute atomic E-state index is 0.251. The van der Waals surface area contributed by atoms with Crippen LogP contribution in [0.25, 0.3) is 0 Å². The second-order valence-corrected chi connectivity index (χ2v) is 5.92. The van der Waals surface area contributed by atoms with Crippen molar-refractivity contribution in [1.29, 1.82) is 0 Å². The lowest BCUT2D eigenvalue weighted by Crippen LogP contribution is -2.22. The van der Waals surface area contributed by atoms with Crippen LogP contribution in [0.15, 0.2) is 36.4 Å². The van der Waals surface area contributed by atoms with Crippen LogP contribution in [0.3, 0.4) is 0 Å². The molecule has 0 aromatic heterocycles. The van der Waals surface area contributed by atoms with E-state index in [0.29, 0.717) is 10.7 Å². The molecule has 2 aromatic rings. The molecule has 0 saturated carbocycles. The van der Waals surface area contributed by atoms with E-state index in [-0.39, 0.29) is 18.2 Å². The van der Waals surface area contributed by atoms with Crippen molar-refractivity contribution in [2.75, 3.05) is 10.6 Å². The highest BCUT2D eigenvalue weighted by Crippen LogP contribution is 2.21. The summed E-state index contributed by atoms with van der Waals surface area (Å²) in [6, 6.07) is 10.9. The number of carbonyl (C=O) groups is 2. The summed E-state index contributed by atoms with van der Waals surface area (Å²) in [6.45, 7) is 5.77. The number of hydrogen-bond donors (Lipinski definition) is 2. The standard InChI is InChI=1S/C18H19ClN2O2/c1-11-5-4-6-15(13(11)3)20-17(22)10-18(23)21-16-9-14(19)8-7-12(16)2/h4-9H,10H2,1-3H3,(H,20,22)(H,21,23). The van der Waals surface area contributed by atoms with Crippen LogP contribution in [0.4, 0.5) is 11.4 Å². The molecule has 0 unspecified atom stereocenters. The van der Waals surface area contributed by atoms with E-state index in [1.165, 1.54) is 0 Å². The van der Waals surface area contributed by atoms with Crippen LogP contribution in [0, 0.1) is 20.8 Å². The average molecular weight is 331 g/mol.